The molecule has 2 rings (SSSR count). The van der Waals surface area contributed by atoms with E-state index in [0.717, 1.165) is 16.9 Å². The van der Waals surface area contributed by atoms with Crippen LogP contribution in [-0.2, 0) is 0 Å². The molecule has 2 aromatic rings. The number of aromatic nitrogens is 1. The lowest BCUT2D eigenvalue weighted by molar-refractivity contribution is 0.867. The smallest absolute Gasteiger partial charge is 0.0722 e. The van der Waals surface area contributed by atoms with Crippen LogP contribution in [0.25, 0.3) is 11.3 Å². The zero-order chi connectivity index (χ0) is 12.3. The quantitative estimate of drug-likeness (QED) is 0.858. The monoisotopic (exact) mass is 226 g/mol. The Labute approximate surface area is 103 Å². The molecule has 1 N–H and O–H groups in total. The first kappa shape index (κ1) is 11.6. The fourth-order valence-corrected chi connectivity index (χ4v) is 1.78. The van der Waals surface area contributed by atoms with Gasteiger partial charge in [0, 0.05) is 24.5 Å². The van der Waals surface area contributed by atoms with Crippen molar-refractivity contribution in [1.29, 1.82) is 0 Å². The van der Waals surface area contributed by atoms with Gasteiger partial charge in [-0.05, 0) is 23.6 Å². The third-order valence-electron chi connectivity index (χ3n) is 2.92. The maximum Gasteiger partial charge on any atom is 0.0722 e. The molecule has 1 aromatic carbocycles. The second-order valence-electron chi connectivity index (χ2n) is 4.46. The van der Waals surface area contributed by atoms with Crippen LogP contribution in [0, 0.1) is 0 Å². The Morgan fingerprint density at radius 1 is 1.06 bits per heavy atom. The molecule has 0 aliphatic carbocycles. The number of hydrogen-bond donors (Lipinski definition) is 1. The van der Waals surface area contributed by atoms with E-state index in [-0.39, 0.29) is 0 Å². The molecule has 0 bridgehead atoms. The van der Waals surface area contributed by atoms with Crippen LogP contribution in [0.5, 0.6) is 0 Å². The van der Waals surface area contributed by atoms with Crippen LogP contribution < -0.4 is 5.32 Å². The van der Waals surface area contributed by atoms with Crippen molar-refractivity contribution in [3.8, 4) is 11.3 Å². The molecule has 0 atom stereocenters. The van der Waals surface area contributed by atoms with Gasteiger partial charge < -0.3 is 5.32 Å². The molecule has 0 radical (unpaired) electrons. The second-order valence-corrected chi connectivity index (χ2v) is 4.46. The first-order valence-electron chi connectivity index (χ1n) is 5.95. The van der Waals surface area contributed by atoms with Crippen LogP contribution in [0.1, 0.15) is 25.3 Å². The van der Waals surface area contributed by atoms with E-state index < -0.39 is 0 Å². The Balaban J connectivity index is 2.32. The highest BCUT2D eigenvalue weighted by molar-refractivity contribution is 5.64. The largest absolute Gasteiger partial charge is 0.388 e. The number of hydrogen-bond acceptors (Lipinski definition) is 2. The summed E-state index contributed by atoms with van der Waals surface area (Å²) in [7, 11) is 1.92. The first-order valence-corrected chi connectivity index (χ1v) is 5.95. The predicted molar refractivity (Wildman–Crippen MR) is 73.3 cm³/mol. The Kier molecular flexibility index (Phi) is 3.43. The fraction of sp³-hybridized carbons (Fsp3) is 0.267. The van der Waals surface area contributed by atoms with Crippen molar-refractivity contribution in [2.45, 2.75) is 19.8 Å². The van der Waals surface area contributed by atoms with E-state index in [1.807, 2.05) is 19.3 Å². The summed E-state index contributed by atoms with van der Waals surface area (Å²) in [6, 6.07) is 12.6. The van der Waals surface area contributed by atoms with Gasteiger partial charge in [-0.15, -0.1) is 0 Å². The van der Waals surface area contributed by atoms with Crippen LogP contribution in [0.3, 0.4) is 0 Å². The number of nitrogens with one attached hydrogen (secondary N) is 1. The number of rotatable bonds is 3. The van der Waals surface area contributed by atoms with Crippen molar-refractivity contribution in [3.05, 3.63) is 48.2 Å². The fourth-order valence-electron chi connectivity index (χ4n) is 1.78. The van der Waals surface area contributed by atoms with Gasteiger partial charge in [0.15, 0.2) is 0 Å². The third kappa shape index (κ3) is 2.64. The van der Waals surface area contributed by atoms with Crippen molar-refractivity contribution < 1.29 is 0 Å². The molecule has 2 heteroatoms. The zero-order valence-corrected chi connectivity index (χ0v) is 10.6. The topological polar surface area (TPSA) is 24.9 Å². The first-order chi connectivity index (χ1) is 8.20. The summed E-state index contributed by atoms with van der Waals surface area (Å²) in [5.41, 5.74) is 4.61. The lowest BCUT2D eigenvalue weighted by Crippen LogP contribution is -1.91. The van der Waals surface area contributed by atoms with Gasteiger partial charge in [0.25, 0.3) is 0 Å². The summed E-state index contributed by atoms with van der Waals surface area (Å²) in [4.78, 5) is 4.39. The highest BCUT2D eigenvalue weighted by atomic mass is 14.8. The van der Waals surface area contributed by atoms with Crippen molar-refractivity contribution in [2.75, 3.05) is 12.4 Å². The van der Waals surface area contributed by atoms with Crippen LogP contribution in [0.2, 0.25) is 0 Å². The lowest BCUT2D eigenvalue weighted by atomic mass is 10.0. The molecule has 0 saturated carbocycles. The summed E-state index contributed by atoms with van der Waals surface area (Å²) < 4.78 is 0. The minimum atomic E-state index is 0.570. The zero-order valence-electron chi connectivity index (χ0n) is 10.6. The summed E-state index contributed by atoms with van der Waals surface area (Å²) in [5.74, 6) is 0.570. The Morgan fingerprint density at radius 3 is 2.35 bits per heavy atom. The van der Waals surface area contributed by atoms with E-state index >= 15 is 0 Å². The molecule has 0 spiro atoms. The average Bonchev–Trinajstić information content (AvgIpc) is 2.39. The standard InChI is InChI=1S/C15H18N2/c1-11(2)12-4-6-13(7-5-12)15-10-14(16-3)8-9-17-15/h4-11H,1-3H3,(H,16,17). The van der Waals surface area contributed by atoms with Gasteiger partial charge in [0.05, 0.1) is 5.69 Å². The molecule has 17 heavy (non-hydrogen) atoms. The van der Waals surface area contributed by atoms with Gasteiger partial charge in [-0.25, -0.2) is 0 Å². The highest BCUT2D eigenvalue weighted by Gasteiger charge is 2.02. The molecule has 0 fully saturated rings. The van der Waals surface area contributed by atoms with Crippen molar-refractivity contribution >= 4 is 5.69 Å². The molecular weight excluding hydrogens is 208 g/mol. The third-order valence-corrected chi connectivity index (χ3v) is 2.92. The lowest BCUT2D eigenvalue weighted by Gasteiger charge is -2.07. The van der Waals surface area contributed by atoms with Gasteiger partial charge in [0.2, 0.25) is 0 Å². The molecule has 0 unspecified atom stereocenters. The number of nitrogens with zero attached hydrogens (tertiary/aromatic N) is 1. The minimum absolute atomic E-state index is 0.570. The number of benzene rings is 1. The second kappa shape index (κ2) is 5.00. The molecule has 1 aromatic heterocycles. The Morgan fingerprint density at radius 2 is 1.76 bits per heavy atom. The van der Waals surface area contributed by atoms with E-state index in [4.69, 9.17) is 0 Å². The predicted octanol–water partition coefficient (Wildman–Crippen LogP) is 3.91. The van der Waals surface area contributed by atoms with E-state index in [1.54, 1.807) is 0 Å². The van der Waals surface area contributed by atoms with E-state index in [2.05, 4.69) is 54.5 Å². The number of pyridine rings is 1. The van der Waals surface area contributed by atoms with Gasteiger partial charge in [-0.1, -0.05) is 38.1 Å². The normalized spacial score (nSPS) is 10.6. The molecule has 1 heterocycles. The van der Waals surface area contributed by atoms with Crippen molar-refractivity contribution in [1.82, 2.24) is 4.98 Å². The summed E-state index contributed by atoms with van der Waals surface area (Å²) >= 11 is 0. The summed E-state index contributed by atoms with van der Waals surface area (Å²) in [6.07, 6.45) is 1.83. The maximum atomic E-state index is 4.39. The van der Waals surface area contributed by atoms with E-state index in [9.17, 15) is 0 Å². The minimum Gasteiger partial charge on any atom is -0.388 e. The molecule has 0 amide bonds. The molecule has 0 aliphatic heterocycles. The van der Waals surface area contributed by atoms with Gasteiger partial charge in [-0.2, -0.15) is 0 Å². The maximum absolute atomic E-state index is 4.39. The van der Waals surface area contributed by atoms with E-state index in [0.29, 0.717) is 5.92 Å². The van der Waals surface area contributed by atoms with Crippen molar-refractivity contribution in [3.63, 3.8) is 0 Å². The Hall–Kier alpha value is -1.83. The van der Waals surface area contributed by atoms with Gasteiger partial charge >= 0.3 is 0 Å². The number of anilines is 1. The SMILES string of the molecule is CNc1ccnc(-c2ccc(C(C)C)cc2)c1. The van der Waals surface area contributed by atoms with Crippen molar-refractivity contribution in [2.24, 2.45) is 0 Å². The summed E-state index contributed by atoms with van der Waals surface area (Å²) in [5, 5.41) is 3.13. The van der Waals surface area contributed by atoms with Crippen LogP contribution in [0.4, 0.5) is 5.69 Å². The van der Waals surface area contributed by atoms with Crippen LogP contribution in [-0.4, -0.2) is 12.0 Å². The molecule has 88 valence electrons. The summed E-state index contributed by atoms with van der Waals surface area (Å²) in [6.45, 7) is 4.41. The average molecular weight is 226 g/mol. The Bertz CT molecular complexity index is 487. The molecule has 0 saturated heterocycles. The van der Waals surface area contributed by atoms with Crippen LogP contribution in [0.15, 0.2) is 42.6 Å². The van der Waals surface area contributed by atoms with Gasteiger partial charge in [-0.3, -0.25) is 4.98 Å². The molecular formula is C15H18N2. The molecule has 0 aliphatic rings. The molecule has 2 nitrogen and oxygen atoms in total. The van der Waals surface area contributed by atoms with E-state index in [1.165, 1.54) is 5.56 Å². The van der Waals surface area contributed by atoms with Crippen LogP contribution >= 0.6 is 0 Å². The highest BCUT2D eigenvalue weighted by Crippen LogP contribution is 2.22. The van der Waals surface area contributed by atoms with Gasteiger partial charge in [0.1, 0.15) is 0 Å².